The maximum absolute atomic E-state index is 12.6. The van der Waals surface area contributed by atoms with Gasteiger partial charge in [-0.3, -0.25) is 4.79 Å². The van der Waals surface area contributed by atoms with Crippen LogP contribution in [0.1, 0.15) is 32.7 Å². The molecule has 0 bridgehead atoms. The first-order valence-electron chi connectivity index (χ1n) is 11.4. The molecule has 166 valence electrons. The maximum atomic E-state index is 12.6. The van der Waals surface area contributed by atoms with Gasteiger partial charge in [0, 0.05) is 42.9 Å². The maximum Gasteiger partial charge on any atom is 0.251 e. The molecule has 0 unspecified atom stereocenters. The number of rotatable bonds is 6. The van der Waals surface area contributed by atoms with E-state index in [2.05, 4.69) is 39.5 Å². The van der Waals surface area contributed by atoms with Gasteiger partial charge in [0.2, 0.25) is 5.89 Å². The smallest absolute Gasteiger partial charge is 0.251 e. The average molecular weight is 438 g/mol. The fourth-order valence-corrected chi connectivity index (χ4v) is 4.20. The highest BCUT2D eigenvalue weighted by Crippen LogP contribution is 2.24. The summed E-state index contributed by atoms with van der Waals surface area (Å²) in [5, 5.41) is 2.98. The fourth-order valence-electron chi connectivity index (χ4n) is 4.20. The molecule has 0 aliphatic carbocycles. The van der Waals surface area contributed by atoms with Crippen molar-refractivity contribution in [2.45, 2.75) is 26.3 Å². The molecule has 0 fully saturated rings. The van der Waals surface area contributed by atoms with Crippen molar-refractivity contribution in [1.82, 2.24) is 10.3 Å². The van der Waals surface area contributed by atoms with E-state index < -0.39 is 0 Å². The summed E-state index contributed by atoms with van der Waals surface area (Å²) in [7, 11) is 0. The largest absolute Gasteiger partial charge is 0.444 e. The standard InChI is InChI=1S/C28H27N3O2/c1-20-6-8-23(9-7-20)28-30-25(19-33-28)14-16-29-27(32)22-10-12-26(13-11-22)31-17-15-21-4-2-3-5-24(21)18-31/h2-13,19H,14-18H2,1H3,(H,29,32). The Morgan fingerprint density at radius 1 is 1.00 bits per heavy atom. The Morgan fingerprint density at radius 2 is 1.76 bits per heavy atom. The van der Waals surface area contributed by atoms with Gasteiger partial charge in [-0.25, -0.2) is 4.98 Å². The highest BCUT2D eigenvalue weighted by molar-refractivity contribution is 5.94. The molecule has 2 heterocycles. The number of aryl methyl sites for hydroxylation is 1. The molecule has 5 heteroatoms. The quantitative estimate of drug-likeness (QED) is 0.451. The van der Waals surface area contributed by atoms with E-state index in [0.29, 0.717) is 24.4 Å². The van der Waals surface area contributed by atoms with Crippen LogP contribution < -0.4 is 10.2 Å². The lowest BCUT2D eigenvalue weighted by atomic mass is 9.99. The number of anilines is 1. The van der Waals surface area contributed by atoms with Gasteiger partial charge in [-0.15, -0.1) is 0 Å². The number of amides is 1. The van der Waals surface area contributed by atoms with Crippen molar-refractivity contribution in [2.75, 3.05) is 18.0 Å². The van der Waals surface area contributed by atoms with E-state index >= 15 is 0 Å². The van der Waals surface area contributed by atoms with Gasteiger partial charge in [0.05, 0.1) is 5.69 Å². The zero-order valence-corrected chi connectivity index (χ0v) is 18.8. The molecule has 1 amide bonds. The van der Waals surface area contributed by atoms with E-state index in [0.717, 1.165) is 36.5 Å². The number of aromatic nitrogens is 1. The summed E-state index contributed by atoms with van der Waals surface area (Å²) in [6.07, 6.45) is 3.32. The summed E-state index contributed by atoms with van der Waals surface area (Å²) in [5.41, 5.74) is 7.60. The Kier molecular flexibility index (Phi) is 5.94. The van der Waals surface area contributed by atoms with E-state index in [1.54, 1.807) is 6.26 Å². The van der Waals surface area contributed by atoms with Crippen LogP contribution in [0.3, 0.4) is 0 Å². The highest BCUT2D eigenvalue weighted by Gasteiger charge is 2.16. The van der Waals surface area contributed by atoms with Gasteiger partial charge in [-0.2, -0.15) is 0 Å². The third-order valence-corrected chi connectivity index (χ3v) is 6.14. The van der Waals surface area contributed by atoms with Crippen LogP contribution in [0.5, 0.6) is 0 Å². The van der Waals surface area contributed by atoms with Gasteiger partial charge in [0.25, 0.3) is 5.91 Å². The number of nitrogens with one attached hydrogen (secondary N) is 1. The Hall–Kier alpha value is -3.86. The molecule has 1 N–H and O–H groups in total. The van der Waals surface area contributed by atoms with E-state index in [-0.39, 0.29) is 5.91 Å². The lowest BCUT2D eigenvalue weighted by molar-refractivity contribution is 0.0954. The molecule has 1 aliphatic heterocycles. The number of nitrogens with zero attached hydrogens (tertiary/aromatic N) is 2. The molecule has 0 atom stereocenters. The van der Waals surface area contributed by atoms with Gasteiger partial charge in [-0.05, 0) is 60.9 Å². The molecule has 5 rings (SSSR count). The Morgan fingerprint density at radius 3 is 2.55 bits per heavy atom. The first-order valence-corrected chi connectivity index (χ1v) is 11.4. The highest BCUT2D eigenvalue weighted by atomic mass is 16.3. The number of carbonyl (C=O) groups excluding carboxylic acids is 1. The third kappa shape index (κ3) is 4.82. The van der Waals surface area contributed by atoms with E-state index in [4.69, 9.17) is 4.42 Å². The second-order valence-corrected chi connectivity index (χ2v) is 8.50. The molecule has 3 aromatic carbocycles. The van der Waals surface area contributed by atoms with Crippen LogP contribution in [-0.2, 0) is 19.4 Å². The monoisotopic (exact) mass is 437 g/mol. The molecule has 0 radical (unpaired) electrons. The minimum absolute atomic E-state index is 0.0761. The van der Waals surface area contributed by atoms with E-state index in [1.807, 2.05) is 55.5 Å². The van der Waals surface area contributed by atoms with Crippen LogP contribution in [0, 0.1) is 6.92 Å². The number of carbonyl (C=O) groups is 1. The van der Waals surface area contributed by atoms with Crippen molar-refractivity contribution in [3.63, 3.8) is 0 Å². The Bertz CT molecular complexity index is 1240. The lowest BCUT2D eigenvalue weighted by Gasteiger charge is -2.30. The minimum atomic E-state index is -0.0761. The molecular formula is C28H27N3O2. The van der Waals surface area contributed by atoms with Crippen LogP contribution in [0.25, 0.3) is 11.5 Å². The summed E-state index contributed by atoms with van der Waals surface area (Å²) in [4.78, 5) is 19.5. The average Bonchev–Trinajstić information content (AvgIpc) is 3.33. The first kappa shape index (κ1) is 21.0. The summed E-state index contributed by atoms with van der Waals surface area (Å²) in [6.45, 7) is 4.45. The molecule has 5 nitrogen and oxygen atoms in total. The van der Waals surface area contributed by atoms with E-state index in [1.165, 1.54) is 16.7 Å². The van der Waals surface area contributed by atoms with Crippen molar-refractivity contribution in [2.24, 2.45) is 0 Å². The molecule has 1 aliphatic rings. The second-order valence-electron chi connectivity index (χ2n) is 8.50. The lowest BCUT2D eigenvalue weighted by Crippen LogP contribution is -2.30. The van der Waals surface area contributed by atoms with Gasteiger partial charge in [-0.1, -0.05) is 42.0 Å². The van der Waals surface area contributed by atoms with Gasteiger partial charge < -0.3 is 14.6 Å². The Balaban J connectivity index is 1.14. The predicted molar refractivity (Wildman–Crippen MR) is 130 cm³/mol. The summed E-state index contributed by atoms with van der Waals surface area (Å²) in [6, 6.07) is 24.5. The molecular weight excluding hydrogens is 410 g/mol. The van der Waals surface area contributed by atoms with Gasteiger partial charge in [0.1, 0.15) is 6.26 Å². The van der Waals surface area contributed by atoms with Crippen LogP contribution in [0.4, 0.5) is 5.69 Å². The zero-order chi connectivity index (χ0) is 22.6. The third-order valence-electron chi connectivity index (χ3n) is 6.14. The number of hydrogen-bond donors (Lipinski definition) is 1. The predicted octanol–water partition coefficient (Wildman–Crippen LogP) is 5.19. The summed E-state index contributed by atoms with van der Waals surface area (Å²) >= 11 is 0. The van der Waals surface area contributed by atoms with Gasteiger partial charge >= 0.3 is 0 Å². The first-order chi connectivity index (χ1) is 16.2. The van der Waals surface area contributed by atoms with Crippen LogP contribution >= 0.6 is 0 Å². The molecule has 4 aromatic rings. The van der Waals surface area contributed by atoms with Crippen LogP contribution in [-0.4, -0.2) is 24.0 Å². The number of oxazole rings is 1. The number of fused-ring (bicyclic) bond motifs is 1. The number of benzene rings is 3. The van der Waals surface area contributed by atoms with Crippen molar-refractivity contribution in [3.05, 3.63) is 107 Å². The second kappa shape index (κ2) is 9.33. The van der Waals surface area contributed by atoms with E-state index in [9.17, 15) is 4.79 Å². The zero-order valence-electron chi connectivity index (χ0n) is 18.8. The van der Waals surface area contributed by atoms with Gasteiger partial charge in [0.15, 0.2) is 0 Å². The molecule has 0 saturated heterocycles. The SMILES string of the molecule is Cc1ccc(-c2nc(CCNC(=O)c3ccc(N4CCc5ccccc5C4)cc3)co2)cc1. The van der Waals surface area contributed by atoms with Crippen molar-refractivity contribution < 1.29 is 9.21 Å². The Labute approximate surface area is 194 Å². The summed E-state index contributed by atoms with van der Waals surface area (Å²) < 4.78 is 5.60. The van der Waals surface area contributed by atoms with Crippen LogP contribution in [0.15, 0.2) is 83.5 Å². The summed E-state index contributed by atoms with van der Waals surface area (Å²) in [5.74, 6) is 0.528. The van der Waals surface area contributed by atoms with Crippen molar-refractivity contribution >= 4 is 11.6 Å². The number of hydrogen-bond acceptors (Lipinski definition) is 4. The molecule has 0 saturated carbocycles. The minimum Gasteiger partial charge on any atom is -0.444 e. The topological polar surface area (TPSA) is 58.4 Å². The molecule has 0 spiro atoms. The molecule has 1 aromatic heterocycles. The fraction of sp³-hybridized carbons (Fsp3) is 0.214. The van der Waals surface area contributed by atoms with Crippen LogP contribution in [0.2, 0.25) is 0 Å². The van der Waals surface area contributed by atoms with Crippen molar-refractivity contribution in [1.29, 1.82) is 0 Å². The molecule has 33 heavy (non-hydrogen) atoms. The normalized spacial score (nSPS) is 12.9. The van der Waals surface area contributed by atoms with Crippen molar-refractivity contribution in [3.8, 4) is 11.5 Å².